The zero-order chi connectivity index (χ0) is 18.2. The number of carbonyl (C=O) groups excluding carboxylic acids is 2. The van der Waals surface area contributed by atoms with Crippen molar-refractivity contribution in [1.29, 1.82) is 0 Å². The van der Waals surface area contributed by atoms with E-state index >= 15 is 0 Å². The van der Waals surface area contributed by atoms with Gasteiger partial charge in [-0.3, -0.25) is 9.59 Å². The Morgan fingerprint density at radius 1 is 1.16 bits per heavy atom. The first-order valence-corrected chi connectivity index (χ1v) is 7.65. The molecule has 0 aliphatic carbocycles. The van der Waals surface area contributed by atoms with Gasteiger partial charge < -0.3 is 25.6 Å². The van der Waals surface area contributed by atoms with E-state index in [0.29, 0.717) is 30.0 Å². The molecule has 0 aliphatic rings. The van der Waals surface area contributed by atoms with Crippen LogP contribution in [0, 0.1) is 0 Å². The third-order valence-electron chi connectivity index (χ3n) is 3.48. The first kappa shape index (κ1) is 18.1. The Bertz CT molecular complexity index is 744. The van der Waals surface area contributed by atoms with Crippen molar-refractivity contribution >= 4 is 17.6 Å². The number of methoxy groups -OCH3 is 1. The standard InChI is InChI=1S/C18H20N2O5/c1-24-17(22)11-20-18(23)13-4-7-15(19)16(10-13)25-9-8-12-2-5-14(21)6-3-12/h2-7,10,21H,8-9,11,19H2,1H3,(H,20,23). The van der Waals surface area contributed by atoms with Crippen LogP contribution in [0.1, 0.15) is 15.9 Å². The Morgan fingerprint density at radius 3 is 2.56 bits per heavy atom. The fourth-order valence-corrected chi connectivity index (χ4v) is 2.07. The average Bonchev–Trinajstić information content (AvgIpc) is 2.62. The number of nitrogens with one attached hydrogen (secondary N) is 1. The molecule has 0 unspecified atom stereocenters. The summed E-state index contributed by atoms with van der Waals surface area (Å²) >= 11 is 0. The van der Waals surface area contributed by atoms with Crippen LogP contribution in [0.2, 0.25) is 0 Å². The highest BCUT2D eigenvalue weighted by atomic mass is 16.5. The molecule has 2 aromatic rings. The van der Waals surface area contributed by atoms with Gasteiger partial charge in [-0.15, -0.1) is 0 Å². The molecule has 7 heteroatoms. The second-order valence-electron chi connectivity index (χ2n) is 5.28. The summed E-state index contributed by atoms with van der Waals surface area (Å²) in [5.74, 6) is -0.355. The number of ether oxygens (including phenoxy) is 2. The normalized spacial score (nSPS) is 10.1. The summed E-state index contributed by atoms with van der Waals surface area (Å²) < 4.78 is 10.1. The van der Waals surface area contributed by atoms with E-state index in [1.54, 1.807) is 36.4 Å². The van der Waals surface area contributed by atoms with Crippen LogP contribution >= 0.6 is 0 Å². The summed E-state index contributed by atoms with van der Waals surface area (Å²) in [5.41, 5.74) is 7.62. The highest BCUT2D eigenvalue weighted by molar-refractivity contribution is 5.96. The molecule has 2 aromatic carbocycles. The fraction of sp³-hybridized carbons (Fsp3) is 0.222. The fourth-order valence-electron chi connectivity index (χ4n) is 2.07. The summed E-state index contributed by atoms with van der Waals surface area (Å²) in [6, 6.07) is 11.5. The van der Waals surface area contributed by atoms with Crippen molar-refractivity contribution in [2.24, 2.45) is 0 Å². The summed E-state index contributed by atoms with van der Waals surface area (Å²) in [6.07, 6.45) is 0.623. The molecule has 0 saturated heterocycles. The molecule has 25 heavy (non-hydrogen) atoms. The van der Waals surface area contributed by atoms with Gasteiger partial charge in [0.15, 0.2) is 0 Å². The van der Waals surface area contributed by atoms with Gasteiger partial charge in [0.2, 0.25) is 0 Å². The van der Waals surface area contributed by atoms with Gasteiger partial charge in [-0.25, -0.2) is 0 Å². The van der Waals surface area contributed by atoms with Crippen LogP contribution in [0.5, 0.6) is 11.5 Å². The molecule has 7 nitrogen and oxygen atoms in total. The second-order valence-corrected chi connectivity index (χ2v) is 5.28. The average molecular weight is 344 g/mol. The Kier molecular flexibility index (Phi) is 6.22. The number of esters is 1. The number of rotatable bonds is 7. The lowest BCUT2D eigenvalue weighted by molar-refractivity contribution is -0.139. The molecular formula is C18H20N2O5. The van der Waals surface area contributed by atoms with Gasteiger partial charge in [0.1, 0.15) is 18.0 Å². The van der Waals surface area contributed by atoms with Gasteiger partial charge in [0.05, 0.1) is 19.4 Å². The molecule has 0 saturated carbocycles. The van der Waals surface area contributed by atoms with E-state index in [0.717, 1.165) is 5.56 Å². The highest BCUT2D eigenvalue weighted by Crippen LogP contribution is 2.23. The Balaban J connectivity index is 1.94. The predicted octanol–water partition coefficient (Wildman–Crippen LogP) is 1.50. The van der Waals surface area contributed by atoms with Crippen LogP contribution in [0.15, 0.2) is 42.5 Å². The van der Waals surface area contributed by atoms with Crippen molar-refractivity contribution in [3.05, 3.63) is 53.6 Å². The second kappa shape index (κ2) is 8.58. The van der Waals surface area contributed by atoms with Crippen molar-refractivity contribution in [3.8, 4) is 11.5 Å². The van der Waals surface area contributed by atoms with Gasteiger partial charge in [-0.2, -0.15) is 0 Å². The van der Waals surface area contributed by atoms with Crippen LogP contribution in [0.3, 0.4) is 0 Å². The maximum atomic E-state index is 12.0. The number of benzene rings is 2. The summed E-state index contributed by atoms with van der Waals surface area (Å²) in [7, 11) is 1.25. The number of hydrogen-bond donors (Lipinski definition) is 3. The van der Waals surface area contributed by atoms with Gasteiger partial charge in [-0.05, 0) is 35.9 Å². The first-order chi connectivity index (χ1) is 12.0. The van der Waals surface area contributed by atoms with Gasteiger partial charge in [0.25, 0.3) is 5.91 Å². The summed E-state index contributed by atoms with van der Waals surface area (Å²) in [6.45, 7) is 0.152. The van der Waals surface area contributed by atoms with Crippen LogP contribution in [-0.4, -0.2) is 37.2 Å². The highest BCUT2D eigenvalue weighted by Gasteiger charge is 2.11. The van der Waals surface area contributed by atoms with E-state index in [4.69, 9.17) is 10.5 Å². The molecule has 0 atom stereocenters. The summed E-state index contributed by atoms with van der Waals surface area (Å²) in [4.78, 5) is 23.1. The SMILES string of the molecule is COC(=O)CNC(=O)c1ccc(N)c(OCCc2ccc(O)cc2)c1. The van der Waals surface area contributed by atoms with Crippen molar-refractivity contribution < 1.29 is 24.2 Å². The molecule has 0 bridgehead atoms. The zero-order valence-electron chi connectivity index (χ0n) is 13.8. The van der Waals surface area contributed by atoms with Crippen LogP contribution in [-0.2, 0) is 16.0 Å². The molecule has 0 spiro atoms. The Labute approximate surface area is 145 Å². The molecule has 132 valence electrons. The molecule has 0 fully saturated rings. The number of carbonyl (C=O) groups is 2. The van der Waals surface area contributed by atoms with Crippen LogP contribution in [0.4, 0.5) is 5.69 Å². The van der Waals surface area contributed by atoms with Crippen molar-refractivity contribution in [2.45, 2.75) is 6.42 Å². The van der Waals surface area contributed by atoms with Crippen molar-refractivity contribution in [2.75, 3.05) is 26.0 Å². The molecule has 0 radical (unpaired) electrons. The van der Waals surface area contributed by atoms with Gasteiger partial charge in [0, 0.05) is 12.0 Å². The third kappa shape index (κ3) is 5.42. The molecular weight excluding hydrogens is 324 g/mol. The number of anilines is 1. The summed E-state index contributed by atoms with van der Waals surface area (Å²) in [5, 5.41) is 11.7. The molecule has 0 aromatic heterocycles. The quantitative estimate of drug-likeness (QED) is 0.518. The zero-order valence-corrected chi connectivity index (χ0v) is 13.8. The van der Waals surface area contributed by atoms with Crippen molar-refractivity contribution in [1.82, 2.24) is 5.32 Å². The topological polar surface area (TPSA) is 111 Å². The van der Waals surface area contributed by atoms with Gasteiger partial charge >= 0.3 is 5.97 Å². The number of phenolic OH excluding ortho intramolecular Hbond substituents is 1. The number of hydrogen-bond acceptors (Lipinski definition) is 6. The molecule has 1 amide bonds. The maximum absolute atomic E-state index is 12.0. The monoisotopic (exact) mass is 344 g/mol. The van der Waals surface area contributed by atoms with E-state index in [-0.39, 0.29) is 12.3 Å². The predicted molar refractivity (Wildman–Crippen MR) is 92.5 cm³/mol. The van der Waals surface area contributed by atoms with E-state index in [1.165, 1.54) is 13.2 Å². The molecule has 0 heterocycles. The largest absolute Gasteiger partial charge is 0.508 e. The Morgan fingerprint density at radius 2 is 1.88 bits per heavy atom. The lowest BCUT2D eigenvalue weighted by Gasteiger charge is -2.11. The third-order valence-corrected chi connectivity index (χ3v) is 3.48. The lowest BCUT2D eigenvalue weighted by Crippen LogP contribution is -2.30. The van der Waals surface area contributed by atoms with Crippen molar-refractivity contribution in [3.63, 3.8) is 0 Å². The van der Waals surface area contributed by atoms with Crippen LogP contribution < -0.4 is 15.8 Å². The van der Waals surface area contributed by atoms with E-state index in [1.807, 2.05) is 0 Å². The number of amides is 1. The molecule has 0 aliphatic heterocycles. The molecule has 2 rings (SSSR count). The Hall–Kier alpha value is -3.22. The number of phenols is 1. The molecule has 4 N–H and O–H groups in total. The lowest BCUT2D eigenvalue weighted by atomic mass is 10.1. The number of nitrogens with two attached hydrogens (primary N) is 1. The van der Waals surface area contributed by atoms with E-state index in [2.05, 4.69) is 10.1 Å². The minimum atomic E-state index is -0.533. The minimum Gasteiger partial charge on any atom is -0.508 e. The van der Waals surface area contributed by atoms with Gasteiger partial charge in [-0.1, -0.05) is 12.1 Å². The first-order valence-electron chi connectivity index (χ1n) is 7.65. The smallest absolute Gasteiger partial charge is 0.325 e. The van der Waals surface area contributed by atoms with E-state index < -0.39 is 11.9 Å². The minimum absolute atomic E-state index is 0.208. The van der Waals surface area contributed by atoms with E-state index in [9.17, 15) is 14.7 Å². The maximum Gasteiger partial charge on any atom is 0.325 e. The number of aromatic hydroxyl groups is 1. The van der Waals surface area contributed by atoms with Crippen LogP contribution in [0.25, 0.3) is 0 Å². The number of nitrogen functional groups attached to an aromatic ring is 1.